The minimum atomic E-state index is -0.138. The Balaban J connectivity index is 2.25. The summed E-state index contributed by atoms with van der Waals surface area (Å²) < 4.78 is 11.4. The van der Waals surface area contributed by atoms with Gasteiger partial charge in [0.05, 0.1) is 6.61 Å². The van der Waals surface area contributed by atoms with Gasteiger partial charge in [-0.3, -0.25) is 0 Å². The fourth-order valence-corrected chi connectivity index (χ4v) is 3.02. The predicted molar refractivity (Wildman–Crippen MR) is 59.1 cm³/mol. The van der Waals surface area contributed by atoms with Crippen molar-refractivity contribution in [3.63, 3.8) is 0 Å². The average Bonchev–Trinajstić information content (AvgIpc) is 2.37. The van der Waals surface area contributed by atoms with Crippen LogP contribution in [-0.4, -0.2) is 12.9 Å². The highest BCUT2D eigenvalue weighted by atomic mass is 16.7. The molecule has 1 aliphatic heterocycles. The first-order valence-electron chi connectivity index (χ1n) is 5.64. The SMILES string of the molecule is C=C=CO[C@@H]1OC[C@H]2CC[C@]1(C)C2(C)C. The van der Waals surface area contributed by atoms with Crippen LogP contribution in [0.15, 0.2) is 18.6 Å². The van der Waals surface area contributed by atoms with Gasteiger partial charge in [-0.2, -0.15) is 0 Å². The maximum absolute atomic E-state index is 5.78. The Morgan fingerprint density at radius 1 is 1.47 bits per heavy atom. The van der Waals surface area contributed by atoms with Gasteiger partial charge in [-0.05, 0) is 24.2 Å². The molecule has 0 spiro atoms. The highest BCUT2D eigenvalue weighted by Gasteiger charge is 2.60. The van der Waals surface area contributed by atoms with E-state index in [-0.39, 0.29) is 11.7 Å². The molecule has 1 saturated carbocycles. The van der Waals surface area contributed by atoms with Crippen LogP contribution >= 0.6 is 0 Å². The molecule has 0 N–H and O–H groups in total. The first-order valence-corrected chi connectivity index (χ1v) is 5.64. The van der Waals surface area contributed by atoms with Crippen molar-refractivity contribution in [1.82, 2.24) is 0 Å². The largest absolute Gasteiger partial charge is 0.464 e. The van der Waals surface area contributed by atoms with Gasteiger partial charge in [0, 0.05) is 5.41 Å². The Morgan fingerprint density at radius 3 is 2.87 bits per heavy atom. The summed E-state index contributed by atoms with van der Waals surface area (Å²) in [4.78, 5) is 0. The Labute approximate surface area is 92.0 Å². The maximum atomic E-state index is 5.78. The van der Waals surface area contributed by atoms with Crippen molar-refractivity contribution in [3.05, 3.63) is 18.6 Å². The molecule has 0 radical (unpaired) electrons. The lowest BCUT2D eigenvalue weighted by Gasteiger charge is -2.49. The number of hydrogen-bond acceptors (Lipinski definition) is 2. The van der Waals surface area contributed by atoms with Gasteiger partial charge < -0.3 is 9.47 Å². The third-order valence-electron chi connectivity index (χ3n) is 4.75. The van der Waals surface area contributed by atoms with Crippen molar-refractivity contribution in [2.24, 2.45) is 16.7 Å². The molecular formula is C13H20O2. The molecule has 0 aromatic carbocycles. The monoisotopic (exact) mass is 208 g/mol. The zero-order valence-electron chi connectivity index (χ0n) is 9.88. The van der Waals surface area contributed by atoms with Crippen molar-refractivity contribution < 1.29 is 9.47 Å². The Kier molecular flexibility index (Phi) is 2.44. The standard InChI is InChI=1S/C13H20O2/c1-5-8-14-11-13(4)7-6-10(9-15-11)12(13,2)3/h8,10-11H,1,6-7,9H2,2-4H3/t10-,11-,13+/m1/s1. The van der Waals surface area contributed by atoms with Crippen molar-refractivity contribution in [1.29, 1.82) is 0 Å². The zero-order chi connectivity index (χ0) is 11.1. The molecule has 0 aromatic heterocycles. The summed E-state index contributed by atoms with van der Waals surface area (Å²) in [6.07, 6.45) is 3.81. The summed E-state index contributed by atoms with van der Waals surface area (Å²) in [7, 11) is 0. The van der Waals surface area contributed by atoms with Gasteiger partial charge in [-0.1, -0.05) is 33.1 Å². The summed E-state index contributed by atoms with van der Waals surface area (Å²) in [5, 5.41) is 0. The van der Waals surface area contributed by atoms with Gasteiger partial charge in [-0.25, -0.2) is 0 Å². The molecule has 2 bridgehead atoms. The van der Waals surface area contributed by atoms with E-state index in [1.165, 1.54) is 19.1 Å². The molecule has 2 nitrogen and oxygen atoms in total. The lowest BCUT2D eigenvalue weighted by molar-refractivity contribution is -0.243. The van der Waals surface area contributed by atoms with Crippen LogP contribution < -0.4 is 0 Å². The summed E-state index contributed by atoms with van der Waals surface area (Å²) in [6, 6.07) is 0. The second-order valence-electron chi connectivity index (χ2n) is 5.50. The van der Waals surface area contributed by atoms with E-state index >= 15 is 0 Å². The van der Waals surface area contributed by atoms with Crippen LogP contribution in [-0.2, 0) is 9.47 Å². The molecule has 0 unspecified atom stereocenters. The molecule has 1 heterocycles. The fraction of sp³-hybridized carbons (Fsp3) is 0.769. The fourth-order valence-electron chi connectivity index (χ4n) is 3.02. The van der Waals surface area contributed by atoms with Crippen LogP contribution in [0.3, 0.4) is 0 Å². The van der Waals surface area contributed by atoms with Crippen LogP contribution in [0.5, 0.6) is 0 Å². The van der Waals surface area contributed by atoms with Crippen LogP contribution in [0, 0.1) is 16.7 Å². The molecule has 1 saturated heterocycles. The molecular weight excluding hydrogens is 188 g/mol. The topological polar surface area (TPSA) is 18.5 Å². The number of hydrogen-bond donors (Lipinski definition) is 0. The van der Waals surface area contributed by atoms with Crippen LogP contribution in [0.2, 0.25) is 0 Å². The van der Waals surface area contributed by atoms with Gasteiger partial charge in [0.1, 0.15) is 6.26 Å². The van der Waals surface area contributed by atoms with Gasteiger partial charge >= 0.3 is 0 Å². The summed E-state index contributed by atoms with van der Waals surface area (Å²) in [6.45, 7) is 11.3. The molecule has 2 heteroatoms. The van der Waals surface area contributed by atoms with E-state index in [1.807, 2.05) is 0 Å². The van der Waals surface area contributed by atoms with Crippen LogP contribution in [0.1, 0.15) is 33.6 Å². The van der Waals surface area contributed by atoms with Crippen LogP contribution in [0.4, 0.5) is 0 Å². The van der Waals surface area contributed by atoms with Crippen molar-refractivity contribution >= 4 is 0 Å². The third-order valence-corrected chi connectivity index (χ3v) is 4.75. The molecule has 2 aliphatic rings. The Morgan fingerprint density at radius 2 is 2.20 bits per heavy atom. The lowest BCUT2D eigenvalue weighted by Crippen LogP contribution is -2.50. The maximum Gasteiger partial charge on any atom is 0.205 e. The lowest BCUT2D eigenvalue weighted by atomic mass is 9.64. The number of ether oxygens (including phenoxy) is 2. The molecule has 84 valence electrons. The smallest absolute Gasteiger partial charge is 0.205 e. The van der Waals surface area contributed by atoms with E-state index in [9.17, 15) is 0 Å². The Hall–Kier alpha value is -0.720. The highest BCUT2D eigenvalue weighted by Crippen LogP contribution is 2.61. The molecule has 2 fully saturated rings. The zero-order valence-corrected chi connectivity index (χ0v) is 9.88. The molecule has 0 aromatic rings. The van der Waals surface area contributed by atoms with E-state index in [0.29, 0.717) is 11.3 Å². The van der Waals surface area contributed by atoms with Crippen molar-refractivity contribution in [2.45, 2.75) is 39.9 Å². The quantitative estimate of drug-likeness (QED) is 0.513. The second kappa shape index (κ2) is 3.40. The van der Waals surface area contributed by atoms with E-state index in [4.69, 9.17) is 9.47 Å². The minimum Gasteiger partial charge on any atom is -0.464 e. The van der Waals surface area contributed by atoms with Crippen LogP contribution in [0.25, 0.3) is 0 Å². The number of fused-ring (bicyclic) bond motifs is 2. The van der Waals surface area contributed by atoms with E-state index in [2.05, 4.69) is 33.1 Å². The van der Waals surface area contributed by atoms with Gasteiger partial charge in [0.2, 0.25) is 6.29 Å². The van der Waals surface area contributed by atoms with Gasteiger partial charge in [0.25, 0.3) is 0 Å². The van der Waals surface area contributed by atoms with E-state index < -0.39 is 0 Å². The predicted octanol–water partition coefficient (Wildman–Crippen LogP) is 3.10. The molecule has 2 rings (SSSR count). The first-order chi connectivity index (χ1) is 7.02. The average molecular weight is 208 g/mol. The summed E-state index contributed by atoms with van der Waals surface area (Å²) in [5.74, 6) is 0.676. The van der Waals surface area contributed by atoms with E-state index in [1.54, 1.807) is 0 Å². The first kappa shape index (κ1) is 10.8. The second-order valence-corrected chi connectivity index (χ2v) is 5.50. The molecule has 3 atom stereocenters. The highest BCUT2D eigenvalue weighted by molar-refractivity contribution is 5.05. The molecule has 15 heavy (non-hydrogen) atoms. The molecule has 1 aliphatic carbocycles. The molecule has 0 amide bonds. The van der Waals surface area contributed by atoms with Gasteiger partial charge in [-0.15, -0.1) is 0 Å². The van der Waals surface area contributed by atoms with E-state index in [0.717, 1.165) is 6.61 Å². The summed E-state index contributed by atoms with van der Waals surface area (Å²) in [5.41, 5.74) is 3.05. The number of rotatable bonds is 2. The van der Waals surface area contributed by atoms with Crippen molar-refractivity contribution in [3.8, 4) is 0 Å². The minimum absolute atomic E-state index is 0.114. The normalized spacial score (nSPS) is 42.1. The van der Waals surface area contributed by atoms with Crippen molar-refractivity contribution in [2.75, 3.05) is 6.61 Å². The Bertz CT molecular complexity index is 302. The summed E-state index contributed by atoms with van der Waals surface area (Å²) >= 11 is 0. The van der Waals surface area contributed by atoms with Gasteiger partial charge in [0.15, 0.2) is 0 Å². The third kappa shape index (κ3) is 1.36.